The third kappa shape index (κ3) is 4.47. The van der Waals surface area contributed by atoms with Crippen LogP contribution in [0.3, 0.4) is 0 Å². The van der Waals surface area contributed by atoms with E-state index < -0.39 is 10.2 Å². The van der Waals surface area contributed by atoms with Crippen LogP contribution >= 0.6 is 0 Å². The molecule has 0 bridgehead atoms. The second-order valence-corrected chi connectivity index (χ2v) is 6.84. The van der Waals surface area contributed by atoms with Crippen molar-refractivity contribution in [2.45, 2.75) is 13.3 Å². The van der Waals surface area contributed by atoms with Gasteiger partial charge in [-0.25, -0.2) is 9.11 Å². The van der Waals surface area contributed by atoms with Crippen LogP contribution < -0.4 is 4.72 Å². The van der Waals surface area contributed by atoms with Gasteiger partial charge in [0.2, 0.25) is 0 Å². The first-order chi connectivity index (χ1) is 10.0. The van der Waals surface area contributed by atoms with E-state index >= 15 is 0 Å². The number of rotatable bonds is 6. The Bertz CT molecular complexity index is 557. The standard InChI is InChI=1S/C14H22FN3O2S/c1-2-16-21(19,20)18-11-9-17(10-12-18)8-7-13-5-3-4-6-14(13)15/h3-6,16H,2,7-12H2,1H3. The molecule has 5 nitrogen and oxygen atoms in total. The Labute approximate surface area is 125 Å². The van der Waals surface area contributed by atoms with Crippen LogP contribution in [0.2, 0.25) is 0 Å². The summed E-state index contributed by atoms with van der Waals surface area (Å²) in [5.74, 6) is -0.175. The zero-order valence-electron chi connectivity index (χ0n) is 12.3. The fourth-order valence-corrected chi connectivity index (χ4v) is 3.64. The lowest BCUT2D eigenvalue weighted by Crippen LogP contribution is -2.52. The van der Waals surface area contributed by atoms with Crippen molar-refractivity contribution in [2.24, 2.45) is 0 Å². The summed E-state index contributed by atoms with van der Waals surface area (Å²) in [7, 11) is -3.33. The number of nitrogens with one attached hydrogen (secondary N) is 1. The van der Waals surface area contributed by atoms with Gasteiger partial charge < -0.3 is 4.90 Å². The minimum Gasteiger partial charge on any atom is -0.300 e. The highest BCUT2D eigenvalue weighted by molar-refractivity contribution is 7.87. The summed E-state index contributed by atoms with van der Waals surface area (Å²) < 4.78 is 41.2. The average molecular weight is 315 g/mol. The monoisotopic (exact) mass is 315 g/mol. The fourth-order valence-electron chi connectivity index (χ4n) is 2.45. The molecule has 0 aliphatic carbocycles. The Balaban J connectivity index is 1.81. The van der Waals surface area contributed by atoms with Gasteiger partial charge in [-0.05, 0) is 18.1 Å². The van der Waals surface area contributed by atoms with E-state index in [-0.39, 0.29) is 5.82 Å². The zero-order chi connectivity index (χ0) is 15.3. The van der Waals surface area contributed by atoms with E-state index in [1.54, 1.807) is 19.1 Å². The van der Waals surface area contributed by atoms with Crippen molar-refractivity contribution < 1.29 is 12.8 Å². The molecular weight excluding hydrogens is 293 g/mol. The van der Waals surface area contributed by atoms with Crippen molar-refractivity contribution >= 4 is 10.2 Å². The van der Waals surface area contributed by atoms with Crippen LogP contribution in [-0.4, -0.2) is 56.9 Å². The smallest absolute Gasteiger partial charge is 0.279 e. The van der Waals surface area contributed by atoms with Crippen LogP contribution in [-0.2, 0) is 16.6 Å². The minimum atomic E-state index is -3.33. The second kappa shape index (κ2) is 7.31. The van der Waals surface area contributed by atoms with Gasteiger partial charge in [0, 0.05) is 39.3 Å². The van der Waals surface area contributed by atoms with Gasteiger partial charge >= 0.3 is 0 Å². The SMILES string of the molecule is CCNS(=O)(=O)N1CCN(CCc2ccccc2F)CC1. The van der Waals surface area contributed by atoms with Crippen molar-refractivity contribution in [3.63, 3.8) is 0 Å². The largest absolute Gasteiger partial charge is 0.300 e. The number of nitrogens with zero attached hydrogens (tertiary/aromatic N) is 2. The molecule has 1 aromatic carbocycles. The maximum Gasteiger partial charge on any atom is 0.279 e. The van der Waals surface area contributed by atoms with Gasteiger partial charge in [0.05, 0.1) is 0 Å². The fraction of sp³-hybridized carbons (Fsp3) is 0.571. The highest BCUT2D eigenvalue weighted by Crippen LogP contribution is 2.10. The van der Waals surface area contributed by atoms with Gasteiger partial charge in [0.15, 0.2) is 0 Å². The lowest BCUT2D eigenvalue weighted by molar-refractivity contribution is 0.188. The number of piperazine rings is 1. The maximum absolute atomic E-state index is 13.5. The summed E-state index contributed by atoms with van der Waals surface area (Å²) in [5, 5.41) is 0. The first-order valence-electron chi connectivity index (χ1n) is 7.23. The van der Waals surface area contributed by atoms with Crippen molar-refractivity contribution in [3.8, 4) is 0 Å². The molecule has 0 radical (unpaired) electrons. The Morgan fingerprint density at radius 3 is 2.48 bits per heavy atom. The van der Waals surface area contributed by atoms with Crippen LogP contribution in [0.25, 0.3) is 0 Å². The van der Waals surface area contributed by atoms with Gasteiger partial charge in [-0.3, -0.25) is 0 Å². The third-order valence-corrected chi connectivity index (χ3v) is 5.35. The molecule has 2 rings (SSSR count). The first kappa shape index (κ1) is 16.4. The van der Waals surface area contributed by atoms with Gasteiger partial charge in [0.1, 0.15) is 5.82 Å². The summed E-state index contributed by atoms with van der Waals surface area (Å²) in [6.45, 7) is 5.23. The Hall–Kier alpha value is -1.02. The number of halogens is 1. The summed E-state index contributed by atoms with van der Waals surface area (Å²) in [5.41, 5.74) is 0.709. The minimum absolute atomic E-state index is 0.175. The number of benzene rings is 1. The van der Waals surface area contributed by atoms with Crippen LogP contribution in [0.15, 0.2) is 24.3 Å². The van der Waals surface area contributed by atoms with Gasteiger partial charge in [-0.15, -0.1) is 0 Å². The molecule has 1 saturated heterocycles. The quantitative estimate of drug-likeness (QED) is 0.846. The van der Waals surface area contributed by atoms with E-state index in [9.17, 15) is 12.8 Å². The van der Waals surface area contributed by atoms with E-state index in [1.807, 2.05) is 6.07 Å². The average Bonchev–Trinajstić information content (AvgIpc) is 2.47. The van der Waals surface area contributed by atoms with Crippen LogP contribution in [0.1, 0.15) is 12.5 Å². The maximum atomic E-state index is 13.5. The van der Waals surface area contributed by atoms with Gasteiger partial charge in [-0.1, -0.05) is 25.1 Å². The molecule has 1 N–H and O–H groups in total. The lowest BCUT2D eigenvalue weighted by Gasteiger charge is -2.33. The predicted molar refractivity (Wildman–Crippen MR) is 80.7 cm³/mol. The van der Waals surface area contributed by atoms with E-state index in [4.69, 9.17) is 0 Å². The first-order valence-corrected chi connectivity index (χ1v) is 8.67. The molecule has 1 aliphatic heterocycles. The van der Waals surface area contributed by atoms with E-state index in [1.165, 1.54) is 10.4 Å². The topological polar surface area (TPSA) is 52.7 Å². The molecule has 0 aromatic heterocycles. The summed E-state index contributed by atoms with van der Waals surface area (Å²) in [6, 6.07) is 6.78. The highest BCUT2D eigenvalue weighted by Gasteiger charge is 2.25. The molecule has 1 fully saturated rings. The molecule has 1 aromatic rings. The van der Waals surface area contributed by atoms with Crippen molar-refractivity contribution in [1.82, 2.24) is 13.9 Å². The Morgan fingerprint density at radius 2 is 1.86 bits per heavy atom. The van der Waals surface area contributed by atoms with Crippen LogP contribution in [0, 0.1) is 5.82 Å². The molecule has 0 amide bonds. The van der Waals surface area contributed by atoms with Gasteiger partial charge in [-0.2, -0.15) is 12.7 Å². The number of hydrogen-bond acceptors (Lipinski definition) is 3. The van der Waals surface area contributed by atoms with E-state index in [0.29, 0.717) is 44.7 Å². The molecule has 1 aliphatic rings. The zero-order valence-corrected chi connectivity index (χ0v) is 13.1. The van der Waals surface area contributed by atoms with Crippen molar-refractivity contribution in [1.29, 1.82) is 0 Å². The summed E-state index contributed by atoms with van der Waals surface area (Å²) in [6.07, 6.45) is 0.645. The third-order valence-electron chi connectivity index (χ3n) is 3.65. The lowest BCUT2D eigenvalue weighted by atomic mass is 10.1. The summed E-state index contributed by atoms with van der Waals surface area (Å²) in [4.78, 5) is 2.17. The molecule has 1 heterocycles. The Morgan fingerprint density at radius 1 is 1.19 bits per heavy atom. The molecule has 7 heteroatoms. The molecule has 0 spiro atoms. The molecule has 0 atom stereocenters. The van der Waals surface area contributed by atoms with Crippen molar-refractivity contribution in [3.05, 3.63) is 35.6 Å². The molecule has 0 saturated carbocycles. The normalized spacial score (nSPS) is 18.0. The predicted octanol–water partition coefficient (Wildman–Crippen LogP) is 0.840. The molecule has 0 unspecified atom stereocenters. The van der Waals surface area contributed by atoms with Crippen molar-refractivity contribution in [2.75, 3.05) is 39.3 Å². The molecular formula is C14H22FN3O2S. The second-order valence-electron chi connectivity index (χ2n) is 5.09. The van der Waals surface area contributed by atoms with Crippen LogP contribution in [0.5, 0.6) is 0 Å². The van der Waals surface area contributed by atoms with Gasteiger partial charge in [0.25, 0.3) is 10.2 Å². The highest BCUT2D eigenvalue weighted by atomic mass is 32.2. The number of hydrogen-bond donors (Lipinski definition) is 1. The summed E-state index contributed by atoms with van der Waals surface area (Å²) >= 11 is 0. The van der Waals surface area contributed by atoms with E-state index in [2.05, 4.69) is 9.62 Å². The molecule has 118 valence electrons. The Kier molecular flexibility index (Phi) is 5.69. The van der Waals surface area contributed by atoms with Crippen LogP contribution in [0.4, 0.5) is 4.39 Å². The van der Waals surface area contributed by atoms with E-state index in [0.717, 1.165) is 6.54 Å². The molecule has 21 heavy (non-hydrogen) atoms.